The van der Waals surface area contributed by atoms with Gasteiger partial charge < -0.3 is 15.0 Å². The number of nitrogens with one attached hydrogen (secondary N) is 1. The van der Waals surface area contributed by atoms with Crippen molar-refractivity contribution >= 4 is 11.8 Å². The van der Waals surface area contributed by atoms with Gasteiger partial charge in [-0.05, 0) is 37.8 Å². The van der Waals surface area contributed by atoms with Gasteiger partial charge in [0.2, 0.25) is 5.91 Å². The number of likely N-dealkylation sites (tertiary alicyclic amines) is 1. The molecule has 0 radical (unpaired) electrons. The number of hydrogen-bond donors (Lipinski definition) is 1. The molecule has 5 nitrogen and oxygen atoms in total. The first-order valence-electron chi connectivity index (χ1n) is 7.55. The van der Waals surface area contributed by atoms with Gasteiger partial charge in [0.25, 0.3) is 5.91 Å². The second-order valence-electron chi connectivity index (χ2n) is 5.79. The zero-order valence-corrected chi connectivity index (χ0v) is 12.5. The van der Waals surface area contributed by atoms with E-state index in [0.717, 1.165) is 19.3 Å². The molecule has 2 fully saturated rings. The van der Waals surface area contributed by atoms with E-state index in [2.05, 4.69) is 5.32 Å². The van der Waals surface area contributed by atoms with Crippen LogP contribution in [0.3, 0.4) is 0 Å². The van der Waals surface area contributed by atoms with Crippen molar-refractivity contribution in [3.63, 3.8) is 0 Å². The summed E-state index contributed by atoms with van der Waals surface area (Å²) >= 11 is 0. The first-order chi connectivity index (χ1) is 10.6. The highest BCUT2D eigenvalue weighted by Gasteiger charge is 2.37. The molecule has 0 bridgehead atoms. The first kappa shape index (κ1) is 14.8. The molecule has 1 heterocycles. The number of benzene rings is 1. The fraction of sp³-hybridized carbons (Fsp3) is 0.500. The Hall–Kier alpha value is -2.11. The lowest BCUT2D eigenvalue weighted by Crippen LogP contribution is -2.46. The van der Waals surface area contributed by atoms with E-state index in [1.807, 2.05) is 0 Å². The Balaban J connectivity index is 1.76. The molecule has 2 amide bonds. The second kappa shape index (κ2) is 5.94. The predicted molar refractivity (Wildman–Crippen MR) is 78.2 cm³/mol. The van der Waals surface area contributed by atoms with Gasteiger partial charge in [-0.1, -0.05) is 0 Å². The molecule has 1 aromatic carbocycles. The Bertz CT molecular complexity index is 601. The van der Waals surface area contributed by atoms with Crippen molar-refractivity contribution in [2.24, 2.45) is 0 Å². The van der Waals surface area contributed by atoms with E-state index in [-0.39, 0.29) is 17.5 Å². The summed E-state index contributed by atoms with van der Waals surface area (Å²) in [6.07, 6.45) is 3.38. The van der Waals surface area contributed by atoms with Crippen LogP contribution in [0.5, 0.6) is 5.75 Å². The van der Waals surface area contributed by atoms with Gasteiger partial charge >= 0.3 is 0 Å². The molecule has 1 saturated carbocycles. The summed E-state index contributed by atoms with van der Waals surface area (Å²) in [5, 5.41) is 2.92. The molecule has 6 heteroatoms. The van der Waals surface area contributed by atoms with Gasteiger partial charge in [-0.2, -0.15) is 0 Å². The lowest BCUT2D eigenvalue weighted by atomic mass is 10.1. The lowest BCUT2D eigenvalue weighted by Gasteiger charge is -2.24. The number of nitrogens with zero attached hydrogens (tertiary/aromatic N) is 1. The minimum Gasteiger partial charge on any atom is -0.497 e. The average Bonchev–Trinajstić information content (AvgIpc) is 3.18. The third-order valence-electron chi connectivity index (χ3n) is 4.15. The highest BCUT2D eigenvalue weighted by atomic mass is 19.1. The summed E-state index contributed by atoms with van der Waals surface area (Å²) in [5.74, 6) is -0.827. The average molecular weight is 306 g/mol. The van der Waals surface area contributed by atoms with Crippen LogP contribution in [-0.4, -0.2) is 42.5 Å². The Kier molecular flexibility index (Phi) is 4.00. The van der Waals surface area contributed by atoms with Crippen LogP contribution in [0.4, 0.5) is 4.39 Å². The zero-order chi connectivity index (χ0) is 15.7. The predicted octanol–water partition coefficient (Wildman–Crippen LogP) is 1.72. The van der Waals surface area contributed by atoms with Crippen molar-refractivity contribution in [2.45, 2.75) is 37.8 Å². The Morgan fingerprint density at radius 3 is 2.73 bits per heavy atom. The minimum atomic E-state index is -0.627. The molecule has 3 rings (SSSR count). The normalized spacial score (nSPS) is 20.8. The molecule has 0 aromatic heterocycles. The van der Waals surface area contributed by atoms with Gasteiger partial charge in [-0.3, -0.25) is 9.59 Å². The molecular weight excluding hydrogens is 287 g/mol. The second-order valence-corrected chi connectivity index (χ2v) is 5.79. The summed E-state index contributed by atoms with van der Waals surface area (Å²) in [5.41, 5.74) is -0.0214. The largest absolute Gasteiger partial charge is 0.497 e. The van der Waals surface area contributed by atoms with Crippen LogP contribution in [0.2, 0.25) is 0 Å². The number of hydrogen-bond acceptors (Lipinski definition) is 3. The van der Waals surface area contributed by atoms with E-state index in [1.165, 1.54) is 24.1 Å². The number of ether oxygens (including phenoxy) is 1. The molecule has 1 unspecified atom stereocenters. The van der Waals surface area contributed by atoms with Gasteiger partial charge in [0.05, 0.1) is 12.7 Å². The zero-order valence-electron chi connectivity index (χ0n) is 12.5. The van der Waals surface area contributed by atoms with E-state index in [4.69, 9.17) is 4.74 Å². The smallest absolute Gasteiger partial charge is 0.257 e. The highest BCUT2D eigenvalue weighted by Crippen LogP contribution is 2.25. The number of methoxy groups -OCH3 is 1. The molecule has 1 N–H and O–H groups in total. The van der Waals surface area contributed by atoms with Crippen LogP contribution in [0, 0.1) is 5.82 Å². The van der Waals surface area contributed by atoms with Gasteiger partial charge in [0.15, 0.2) is 0 Å². The van der Waals surface area contributed by atoms with E-state index in [1.54, 1.807) is 6.07 Å². The molecular formula is C16H19FN2O3. The van der Waals surface area contributed by atoms with Gasteiger partial charge in [0, 0.05) is 18.7 Å². The molecule has 22 heavy (non-hydrogen) atoms. The van der Waals surface area contributed by atoms with Crippen LogP contribution in [0.25, 0.3) is 0 Å². The van der Waals surface area contributed by atoms with Gasteiger partial charge in [-0.25, -0.2) is 4.39 Å². The fourth-order valence-electron chi connectivity index (χ4n) is 2.76. The van der Waals surface area contributed by atoms with E-state index < -0.39 is 17.8 Å². The quantitative estimate of drug-likeness (QED) is 0.921. The number of amides is 2. The maximum atomic E-state index is 14.1. The molecule has 1 atom stereocenters. The van der Waals surface area contributed by atoms with Crippen molar-refractivity contribution in [1.29, 1.82) is 0 Å². The number of carbonyl (C=O) groups is 2. The first-order valence-corrected chi connectivity index (χ1v) is 7.55. The molecule has 2 aliphatic rings. The number of rotatable bonds is 4. The SMILES string of the molecule is COc1ccc(C(=O)N2CCCC2C(=O)NC2CC2)c(F)c1. The fourth-order valence-corrected chi connectivity index (χ4v) is 2.76. The van der Waals surface area contributed by atoms with E-state index in [0.29, 0.717) is 18.7 Å². The van der Waals surface area contributed by atoms with Crippen molar-refractivity contribution in [1.82, 2.24) is 10.2 Å². The minimum absolute atomic E-state index is 0.0214. The summed E-state index contributed by atoms with van der Waals surface area (Å²) in [4.78, 5) is 26.2. The van der Waals surface area contributed by atoms with Crippen LogP contribution in [-0.2, 0) is 4.79 Å². The lowest BCUT2D eigenvalue weighted by molar-refractivity contribution is -0.125. The van der Waals surface area contributed by atoms with Crippen LogP contribution in [0.15, 0.2) is 18.2 Å². The Labute approximate surface area is 128 Å². The van der Waals surface area contributed by atoms with Gasteiger partial charge in [0.1, 0.15) is 17.6 Å². The Morgan fingerprint density at radius 2 is 2.09 bits per heavy atom. The van der Waals surface area contributed by atoms with Crippen molar-refractivity contribution < 1.29 is 18.7 Å². The molecule has 1 aliphatic carbocycles. The highest BCUT2D eigenvalue weighted by molar-refractivity contribution is 5.98. The maximum absolute atomic E-state index is 14.1. The monoisotopic (exact) mass is 306 g/mol. The van der Waals surface area contributed by atoms with E-state index >= 15 is 0 Å². The molecule has 0 spiro atoms. The summed E-state index contributed by atoms with van der Waals surface area (Å²) in [7, 11) is 1.44. The summed E-state index contributed by atoms with van der Waals surface area (Å²) in [6, 6.07) is 3.90. The van der Waals surface area contributed by atoms with Gasteiger partial charge in [-0.15, -0.1) is 0 Å². The standard InChI is InChI=1S/C16H19FN2O3/c1-22-11-6-7-12(13(17)9-11)16(21)19-8-2-3-14(19)15(20)18-10-4-5-10/h6-7,9-10,14H,2-5,8H2,1H3,(H,18,20). The number of halogens is 1. The number of carbonyl (C=O) groups excluding carboxylic acids is 2. The Morgan fingerprint density at radius 1 is 1.32 bits per heavy atom. The molecule has 1 aromatic rings. The van der Waals surface area contributed by atoms with Crippen LogP contribution >= 0.6 is 0 Å². The molecule has 1 saturated heterocycles. The maximum Gasteiger partial charge on any atom is 0.257 e. The van der Waals surface area contributed by atoms with E-state index in [9.17, 15) is 14.0 Å². The molecule has 1 aliphatic heterocycles. The van der Waals surface area contributed by atoms with Crippen molar-refractivity contribution in [3.8, 4) is 5.75 Å². The molecule has 118 valence electrons. The van der Waals surface area contributed by atoms with Crippen LogP contribution < -0.4 is 10.1 Å². The summed E-state index contributed by atoms with van der Waals surface area (Å²) in [6.45, 7) is 0.479. The third-order valence-corrected chi connectivity index (χ3v) is 4.15. The summed E-state index contributed by atoms with van der Waals surface area (Å²) < 4.78 is 19.0. The topological polar surface area (TPSA) is 58.6 Å². The third kappa shape index (κ3) is 2.91. The van der Waals surface area contributed by atoms with Crippen molar-refractivity contribution in [3.05, 3.63) is 29.6 Å². The van der Waals surface area contributed by atoms with Crippen LogP contribution in [0.1, 0.15) is 36.0 Å². The van der Waals surface area contributed by atoms with Crippen molar-refractivity contribution in [2.75, 3.05) is 13.7 Å².